The topological polar surface area (TPSA) is 93.4 Å². The molecule has 6 nitrogen and oxygen atoms in total. The summed E-state index contributed by atoms with van der Waals surface area (Å²) >= 11 is 0. The molecule has 0 heterocycles. The molecule has 0 aliphatic carbocycles. The minimum atomic E-state index is -0.765. The molecule has 0 bridgehead atoms. The van der Waals surface area contributed by atoms with Crippen molar-refractivity contribution in [1.29, 1.82) is 0 Å². The average Bonchev–Trinajstić information content (AvgIpc) is 2.92. The van der Waals surface area contributed by atoms with E-state index in [0.29, 0.717) is 19.6 Å². The highest BCUT2D eigenvalue weighted by atomic mass is 16.5. The van der Waals surface area contributed by atoms with Gasteiger partial charge in [0.2, 0.25) is 11.8 Å². The van der Waals surface area contributed by atoms with Crippen molar-refractivity contribution in [2.45, 2.75) is 84.9 Å². The van der Waals surface area contributed by atoms with Crippen molar-refractivity contribution in [2.24, 2.45) is 5.73 Å². The average molecular weight is 544 g/mol. The monoisotopic (exact) mass is 543 g/mol. The Morgan fingerprint density at radius 3 is 2.12 bits per heavy atom. The highest BCUT2D eigenvalue weighted by Crippen LogP contribution is 2.25. The molecular formula is C34H45N3O3. The molecule has 1 unspecified atom stereocenters. The molecule has 0 fully saturated rings. The molecule has 6 heteroatoms. The van der Waals surface area contributed by atoms with Crippen molar-refractivity contribution >= 4 is 11.8 Å². The number of hydrogen-bond donors (Lipinski definition) is 3. The molecule has 3 aromatic rings. The summed E-state index contributed by atoms with van der Waals surface area (Å²) in [7, 11) is 0. The summed E-state index contributed by atoms with van der Waals surface area (Å²) in [5.74, 6) is 0.231. The van der Waals surface area contributed by atoms with E-state index in [0.717, 1.165) is 40.8 Å². The second-order valence-electron chi connectivity index (χ2n) is 11.7. The van der Waals surface area contributed by atoms with Crippen LogP contribution in [0.2, 0.25) is 0 Å². The molecule has 3 aromatic carbocycles. The molecule has 0 spiro atoms. The van der Waals surface area contributed by atoms with Crippen molar-refractivity contribution in [3.8, 4) is 5.75 Å². The first-order valence-corrected chi connectivity index (χ1v) is 14.1. The third kappa shape index (κ3) is 9.23. The summed E-state index contributed by atoms with van der Waals surface area (Å²) in [6.45, 7) is 13.3. The van der Waals surface area contributed by atoms with Gasteiger partial charge >= 0.3 is 0 Å². The summed E-state index contributed by atoms with van der Waals surface area (Å²) in [6.07, 6.45) is 2.10. The summed E-state index contributed by atoms with van der Waals surface area (Å²) in [5.41, 5.74) is 13.1. The molecule has 4 N–H and O–H groups in total. The van der Waals surface area contributed by atoms with Gasteiger partial charge in [-0.05, 0) is 91.0 Å². The quantitative estimate of drug-likeness (QED) is 0.270. The Kier molecular flexibility index (Phi) is 10.9. The van der Waals surface area contributed by atoms with Crippen LogP contribution in [0.15, 0.2) is 66.7 Å². The second kappa shape index (κ2) is 14.1. The van der Waals surface area contributed by atoms with Gasteiger partial charge < -0.3 is 21.1 Å². The standard InChI is InChI=1S/C34H45N3O3/c1-23-19-29(40-22-27-14-16-28(17-15-27)34(4,5)6)20-24(2)30(23)21-31(35)33(39)37-25(3)32(38)36-18-10-13-26-11-8-7-9-12-26/h7-9,11-12,14-17,19-20,25,31H,10,13,18,21-22,35H2,1-6H3,(H,36,38)(H,37,39)/t25-,31?/m1/s1. The molecule has 0 aliphatic heterocycles. The molecule has 0 aromatic heterocycles. The number of nitrogens with two attached hydrogens (primary N) is 1. The van der Waals surface area contributed by atoms with Gasteiger partial charge in [-0.3, -0.25) is 9.59 Å². The first kappa shape index (κ1) is 30.9. The first-order valence-electron chi connectivity index (χ1n) is 14.1. The van der Waals surface area contributed by atoms with Crippen molar-refractivity contribution in [2.75, 3.05) is 6.54 Å². The number of carbonyl (C=O) groups excluding carboxylic acids is 2. The Hall–Kier alpha value is -3.64. The number of rotatable bonds is 12. The summed E-state index contributed by atoms with van der Waals surface area (Å²) in [6, 6.07) is 21.2. The van der Waals surface area contributed by atoms with Gasteiger partial charge in [0.25, 0.3) is 0 Å². The first-order chi connectivity index (χ1) is 18.9. The lowest BCUT2D eigenvalue weighted by Crippen LogP contribution is -2.51. The third-order valence-corrected chi connectivity index (χ3v) is 7.19. The molecule has 0 aliphatic rings. The summed E-state index contributed by atoms with van der Waals surface area (Å²) < 4.78 is 6.08. The van der Waals surface area contributed by atoms with Crippen LogP contribution in [-0.4, -0.2) is 30.4 Å². The Morgan fingerprint density at radius 2 is 1.52 bits per heavy atom. The van der Waals surface area contributed by atoms with E-state index in [2.05, 4.69) is 67.8 Å². The smallest absolute Gasteiger partial charge is 0.242 e. The molecule has 214 valence electrons. The van der Waals surface area contributed by atoms with Gasteiger partial charge in [0, 0.05) is 6.54 Å². The molecule has 3 rings (SSSR count). The maximum Gasteiger partial charge on any atom is 0.242 e. The van der Waals surface area contributed by atoms with Gasteiger partial charge in [-0.15, -0.1) is 0 Å². The van der Waals surface area contributed by atoms with E-state index < -0.39 is 12.1 Å². The maximum atomic E-state index is 12.8. The van der Waals surface area contributed by atoms with Gasteiger partial charge in [0.1, 0.15) is 18.4 Å². The zero-order chi connectivity index (χ0) is 29.3. The minimum Gasteiger partial charge on any atom is -0.489 e. The zero-order valence-electron chi connectivity index (χ0n) is 24.8. The Bertz CT molecular complexity index is 1240. The fourth-order valence-electron chi connectivity index (χ4n) is 4.63. The van der Waals surface area contributed by atoms with Crippen LogP contribution in [-0.2, 0) is 34.5 Å². The van der Waals surface area contributed by atoms with Gasteiger partial charge in [0.15, 0.2) is 0 Å². The molecule has 0 saturated heterocycles. The Labute approximate surface area is 239 Å². The number of carbonyl (C=O) groups is 2. The maximum absolute atomic E-state index is 12.8. The number of ether oxygens (including phenoxy) is 1. The fourth-order valence-corrected chi connectivity index (χ4v) is 4.63. The van der Waals surface area contributed by atoms with Crippen LogP contribution in [0, 0.1) is 13.8 Å². The predicted octanol–water partition coefficient (Wildman–Crippen LogP) is 5.30. The van der Waals surface area contributed by atoms with E-state index in [4.69, 9.17) is 10.5 Å². The van der Waals surface area contributed by atoms with Crippen LogP contribution >= 0.6 is 0 Å². The lowest BCUT2D eigenvalue weighted by Gasteiger charge is -2.20. The Morgan fingerprint density at radius 1 is 0.900 bits per heavy atom. The van der Waals surface area contributed by atoms with E-state index in [-0.39, 0.29) is 17.2 Å². The van der Waals surface area contributed by atoms with E-state index in [1.165, 1.54) is 11.1 Å². The van der Waals surface area contributed by atoms with Crippen molar-refractivity contribution < 1.29 is 14.3 Å². The largest absolute Gasteiger partial charge is 0.489 e. The van der Waals surface area contributed by atoms with Crippen LogP contribution in [0.4, 0.5) is 0 Å². The van der Waals surface area contributed by atoms with E-state index in [1.54, 1.807) is 6.92 Å². The number of benzene rings is 3. The molecule has 0 radical (unpaired) electrons. The second-order valence-corrected chi connectivity index (χ2v) is 11.7. The van der Waals surface area contributed by atoms with Crippen LogP contribution in [0.5, 0.6) is 5.75 Å². The highest BCUT2D eigenvalue weighted by molar-refractivity contribution is 5.89. The Balaban J connectivity index is 1.47. The van der Waals surface area contributed by atoms with Crippen LogP contribution in [0.3, 0.4) is 0 Å². The summed E-state index contributed by atoms with van der Waals surface area (Å²) in [4.78, 5) is 25.2. The van der Waals surface area contributed by atoms with Crippen molar-refractivity contribution in [1.82, 2.24) is 10.6 Å². The minimum absolute atomic E-state index is 0.119. The van der Waals surface area contributed by atoms with E-state index >= 15 is 0 Å². The van der Waals surface area contributed by atoms with Gasteiger partial charge in [0.05, 0.1) is 6.04 Å². The van der Waals surface area contributed by atoms with Gasteiger partial charge in [-0.1, -0.05) is 75.4 Å². The number of aryl methyl sites for hydroxylation is 3. The SMILES string of the molecule is Cc1cc(OCc2ccc(C(C)(C)C)cc2)cc(C)c1CC(N)C(=O)N[C@H](C)C(=O)NCCCc1ccccc1. The van der Waals surface area contributed by atoms with Crippen molar-refractivity contribution in [3.63, 3.8) is 0 Å². The normalized spacial score (nSPS) is 12.9. The van der Waals surface area contributed by atoms with Crippen LogP contribution < -0.4 is 21.1 Å². The predicted molar refractivity (Wildman–Crippen MR) is 162 cm³/mol. The van der Waals surface area contributed by atoms with Crippen LogP contribution in [0.1, 0.15) is 67.5 Å². The van der Waals surface area contributed by atoms with E-state index in [9.17, 15) is 9.59 Å². The van der Waals surface area contributed by atoms with Crippen LogP contribution in [0.25, 0.3) is 0 Å². The summed E-state index contributed by atoms with van der Waals surface area (Å²) in [5, 5.41) is 5.66. The van der Waals surface area contributed by atoms with Gasteiger partial charge in [-0.2, -0.15) is 0 Å². The molecular weight excluding hydrogens is 498 g/mol. The van der Waals surface area contributed by atoms with Gasteiger partial charge in [-0.25, -0.2) is 0 Å². The lowest BCUT2D eigenvalue weighted by molar-refractivity contribution is -0.129. The number of amides is 2. The molecule has 2 amide bonds. The highest BCUT2D eigenvalue weighted by Gasteiger charge is 2.21. The molecule has 0 saturated carbocycles. The molecule has 40 heavy (non-hydrogen) atoms. The molecule has 2 atom stereocenters. The third-order valence-electron chi connectivity index (χ3n) is 7.19. The zero-order valence-corrected chi connectivity index (χ0v) is 24.8. The number of nitrogens with one attached hydrogen (secondary N) is 2. The van der Waals surface area contributed by atoms with E-state index in [1.807, 2.05) is 44.2 Å². The number of hydrogen-bond acceptors (Lipinski definition) is 4. The lowest BCUT2D eigenvalue weighted by atomic mass is 9.87. The fraction of sp³-hybridized carbons (Fsp3) is 0.412. The van der Waals surface area contributed by atoms with Crippen molar-refractivity contribution in [3.05, 3.63) is 100 Å².